The van der Waals surface area contributed by atoms with Crippen LogP contribution in [0, 0.1) is 6.92 Å². The van der Waals surface area contributed by atoms with Crippen molar-refractivity contribution in [3.8, 4) is 0 Å². The summed E-state index contributed by atoms with van der Waals surface area (Å²) in [6.07, 6.45) is -0.536. The summed E-state index contributed by atoms with van der Waals surface area (Å²) in [5, 5.41) is 12.5. The molecule has 0 aliphatic rings. The number of ether oxygens (including phenoxy) is 1. The number of rotatable bonds is 6. The first kappa shape index (κ1) is 16.5. The number of aliphatic hydroxyl groups is 1. The van der Waals surface area contributed by atoms with Crippen LogP contribution in [0.2, 0.25) is 5.02 Å². The van der Waals surface area contributed by atoms with Gasteiger partial charge < -0.3 is 15.2 Å². The van der Waals surface area contributed by atoms with Gasteiger partial charge in [-0.2, -0.15) is 0 Å². The molecule has 0 aromatic heterocycles. The van der Waals surface area contributed by atoms with Gasteiger partial charge in [0.15, 0.2) is 6.10 Å². The third-order valence-corrected chi connectivity index (χ3v) is 3.25. The summed E-state index contributed by atoms with van der Waals surface area (Å²) in [6, 6.07) is 5.64. The molecule has 5 nitrogen and oxygen atoms in total. The molecule has 6 heteroatoms. The van der Waals surface area contributed by atoms with Crippen molar-refractivity contribution in [3.05, 3.63) is 34.3 Å². The molecule has 1 aromatic rings. The molecule has 1 rings (SSSR count). The van der Waals surface area contributed by atoms with E-state index in [-0.39, 0.29) is 18.9 Å². The highest BCUT2D eigenvalue weighted by molar-refractivity contribution is 6.31. The monoisotopic (exact) mass is 299 g/mol. The number of hydrogen-bond acceptors (Lipinski definition) is 4. The lowest BCUT2D eigenvalue weighted by molar-refractivity contribution is -0.150. The summed E-state index contributed by atoms with van der Waals surface area (Å²) in [4.78, 5) is 22.5. The Kier molecular flexibility index (Phi) is 6.48. The second kappa shape index (κ2) is 7.87. The number of benzene rings is 1. The van der Waals surface area contributed by atoms with E-state index in [4.69, 9.17) is 11.6 Å². The van der Waals surface area contributed by atoms with Crippen molar-refractivity contribution in [2.24, 2.45) is 0 Å². The number of aliphatic hydroxyl groups excluding tert-OH is 1. The van der Waals surface area contributed by atoms with Crippen molar-refractivity contribution < 1.29 is 19.4 Å². The summed E-state index contributed by atoms with van der Waals surface area (Å²) in [6.45, 7) is 1.76. The lowest BCUT2D eigenvalue weighted by atomic mass is 10.1. The number of methoxy groups -OCH3 is 1. The largest absolute Gasteiger partial charge is 0.467 e. The van der Waals surface area contributed by atoms with E-state index >= 15 is 0 Å². The maximum absolute atomic E-state index is 11.6. The van der Waals surface area contributed by atoms with Crippen LogP contribution in [0.25, 0.3) is 0 Å². The number of amides is 1. The van der Waals surface area contributed by atoms with E-state index in [9.17, 15) is 14.7 Å². The van der Waals surface area contributed by atoms with Gasteiger partial charge in [-0.05, 0) is 30.5 Å². The summed E-state index contributed by atoms with van der Waals surface area (Å²) in [5.41, 5.74) is 1.95. The molecule has 0 spiro atoms. The first-order valence-electron chi connectivity index (χ1n) is 6.21. The van der Waals surface area contributed by atoms with Crippen LogP contribution in [0.15, 0.2) is 18.2 Å². The van der Waals surface area contributed by atoms with E-state index in [1.807, 2.05) is 25.1 Å². The van der Waals surface area contributed by atoms with Crippen LogP contribution in [0.1, 0.15) is 17.5 Å². The molecule has 0 saturated heterocycles. The molecular formula is C14H18ClNO4. The second-order valence-electron chi connectivity index (χ2n) is 4.43. The number of esters is 1. The Balaban J connectivity index is 2.36. The van der Waals surface area contributed by atoms with Crippen LogP contribution >= 0.6 is 11.6 Å². The van der Waals surface area contributed by atoms with Gasteiger partial charge in [-0.25, -0.2) is 4.79 Å². The fourth-order valence-electron chi connectivity index (χ4n) is 1.57. The van der Waals surface area contributed by atoms with Crippen LogP contribution in [0.4, 0.5) is 0 Å². The number of hydrogen-bond donors (Lipinski definition) is 2. The molecular weight excluding hydrogens is 282 g/mol. The van der Waals surface area contributed by atoms with Gasteiger partial charge in [0.1, 0.15) is 0 Å². The standard InChI is InChI=1S/C14H18ClNO4/c1-9-3-4-10(7-11(9)15)5-6-13(18)16-8-12(17)14(19)20-2/h3-4,7,12,17H,5-6,8H2,1-2H3,(H,16,18). The maximum Gasteiger partial charge on any atom is 0.336 e. The van der Waals surface area contributed by atoms with Crippen LogP contribution in [-0.2, 0) is 20.7 Å². The number of nitrogens with one attached hydrogen (secondary N) is 1. The van der Waals surface area contributed by atoms with Crippen LogP contribution in [-0.4, -0.2) is 36.7 Å². The zero-order valence-electron chi connectivity index (χ0n) is 11.5. The Morgan fingerprint density at radius 3 is 2.75 bits per heavy atom. The van der Waals surface area contributed by atoms with E-state index in [1.54, 1.807) is 0 Å². The Morgan fingerprint density at radius 2 is 2.15 bits per heavy atom. The molecule has 0 aliphatic heterocycles. The van der Waals surface area contributed by atoms with Gasteiger partial charge in [-0.3, -0.25) is 4.79 Å². The van der Waals surface area contributed by atoms with Gasteiger partial charge in [0.2, 0.25) is 5.91 Å². The number of halogens is 1. The number of carbonyl (C=O) groups excluding carboxylic acids is 2. The summed E-state index contributed by atoms with van der Waals surface area (Å²) in [7, 11) is 1.18. The highest BCUT2D eigenvalue weighted by Gasteiger charge is 2.15. The maximum atomic E-state index is 11.6. The van der Waals surface area contributed by atoms with Gasteiger partial charge in [0, 0.05) is 11.4 Å². The molecule has 0 aliphatic carbocycles. The average Bonchev–Trinajstić information content (AvgIpc) is 2.45. The predicted molar refractivity (Wildman–Crippen MR) is 75.5 cm³/mol. The number of carbonyl (C=O) groups is 2. The lowest BCUT2D eigenvalue weighted by Gasteiger charge is -2.10. The normalized spacial score (nSPS) is 11.8. The quantitative estimate of drug-likeness (QED) is 0.775. The molecule has 1 unspecified atom stereocenters. The second-order valence-corrected chi connectivity index (χ2v) is 4.83. The van der Waals surface area contributed by atoms with Crippen molar-refractivity contribution in [1.82, 2.24) is 5.32 Å². The minimum absolute atomic E-state index is 0.153. The Hall–Kier alpha value is -1.59. The molecule has 20 heavy (non-hydrogen) atoms. The Labute approximate surface area is 122 Å². The predicted octanol–water partition coefficient (Wildman–Crippen LogP) is 1.23. The molecule has 1 amide bonds. The fraction of sp³-hybridized carbons (Fsp3) is 0.429. The lowest BCUT2D eigenvalue weighted by Crippen LogP contribution is -2.37. The topological polar surface area (TPSA) is 75.6 Å². The van der Waals surface area contributed by atoms with E-state index in [0.29, 0.717) is 11.4 Å². The summed E-state index contributed by atoms with van der Waals surface area (Å²) >= 11 is 6.00. The smallest absolute Gasteiger partial charge is 0.336 e. The van der Waals surface area contributed by atoms with Gasteiger partial charge in [-0.1, -0.05) is 23.7 Å². The van der Waals surface area contributed by atoms with Crippen LogP contribution in [0.3, 0.4) is 0 Å². The van der Waals surface area contributed by atoms with Gasteiger partial charge in [0.05, 0.1) is 13.7 Å². The minimum atomic E-state index is -1.34. The molecule has 0 saturated carbocycles. The third kappa shape index (κ3) is 5.19. The zero-order chi connectivity index (χ0) is 15.1. The summed E-state index contributed by atoms with van der Waals surface area (Å²) < 4.78 is 4.34. The van der Waals surface area contributed by atoms with Crippen LogP contribution < -0.4 is 5.32 Å². The van der Waals surface area contributed by atoms with Gasteiger partial charge >= 0.3 is 5.97 Å². The molecule has 2 N–H and O–H groups in total. The molecule has 0 radical (unpaired) electrons. The highest BCUT2D eigenvalue weighted by Crippen LogP contribution is 2.17. The van der Waals surface area contributed by atoms with E-state index < -0.39 is 12.1 Å². The van der Waals surface area contributed by atoms with Crippen LogP contribution in [0.5, 0.6) is 0 Å². The molecule has 1 atom stereocenters. The van der Waals surface area contributed by atoms with Crippen molar-refractivity contribution >= 4 is 23.5 Å². The van der Waals surface area contributed by atoms with Gasteiger partial charge in [0.25, 0.3) is 0 Å². The first-order valence-corrected chi connectivity index (χ1v) is 6.59. The summed E-state index contributed by atoms with van der Waals surface area (Å²) in [5.74, 6) is -1.01. The van der Waals surface area contributed by atoms with Crippen molar-refractivity contribution in [2.45, 2.75) is 25.9 Å². The Morgan fingerprint density at radius 1 is 1.45 bits per heavy atom. The van der Waals surface area contributed by atoms with Crippen molar-refractivity contribution in [1.29, 1.82) is 0 Å². The average molecular weight is 300 g/mol. The van der Waals surface area contributed by atoms with E-state index in [0.717, 1.165) is 11.1 Å². The Bertz CT molecular complexity index is 490. The molecule has 0 heterocycles. The number of aryl methyl sites for hydroxylation is 2. The molecule has 0 bridgehead atoms. The van der Waals surface area contributed by atoms with Crippen molar-refractivity contribution in [2.75, 3.05) is 13.7 Å². The molecule has 1 aromatic carbocycles. The SMILES string of the molecule is COC(=O)C(O)CNC(=O)CCc1ccc(C)c(Cl)c1. The first-order chi connectivity index (χ1) is 9.43. The van der Waals surface area contributed by atoms with Crippen molar-refractivity contribution in [3.63, 3.8) is 0 Å². The van der Waals surface area contributed by atoms with E-state index in [2.05, 4.69) is 10.1 Å². The minimum Gasteiger partial charge on any atom is -0.467 e. The fourth-order valence-corrected chi connectivity index (χ4v) is 1.77. The molecule has 0 fully saturated rings. The highest BCUT2D eigenvalue weighted by atomic mass is 35.5. The zero-order valence-corrected chi connectivity index (χ0v) is 12.2. The van der Waals surface area contributed by atoms with E-state index in [1.165, 1.54) is 7.11 Å². The van der Waals surface area contributed by atoms with Gasteiger partial charge in [-0.15, -0.1) is 0 Å². The molecule has 110 valence electrons. The third-order valence-electron chi connectivity index (χ3n) is 2.84.